The van der Waals surface area contributed by atoms with Crippen molar-refractivity contribution in [1.82, 2.24) is 4.90 Å². The van der Waals surface area contributed by atoms with Crippen LogP contribution in [-0.4, -0.2) is 17.4 Å². The number of aryl methyl sites for hydroxylation is 3. The van der Waals surface area contributed by atoms with E-state index in [9.17, 15) is 4.79 Å². The maximum atomic E-state index is 12.7. The highest BCUT2D eigenvalue weighted by atomic mass is 32.1. The van der Waals surface area contributed by atoms with Crippen molar-refractivity contribution in [3.63, 3.8) is 0 Å². The molecule has 23 heavy (non-hydrogen) atoms. The summed E-state index contributed by atoms with van der Waals surface area (Å²) in [5.41, 5.74) is 3.89. The Hall–Kier alpha value is -1.61. The van der Waals surface area contributed by atoms with Crippen LogP contribution in [0.15, 0.2) is 35.7 Å². The molecule has 1 aliphatic heterocycles. The molecule has 122 valence electrons. The van der Waals surface area contributed by atoms with Gasteiger partial charge in [-0.05, 0) is 56.5 Å². The lowest BCUT2D eigenvalue weighted by molar-refractivity contribution is -0.132. The quantitative estimate of drug-likeness (QED) is 0.752. The minimum Gasteiger partial charge on any atom is -0.336 e. The van der Waals surface area contributed by atoms with Gasteiger partial charge in [0, 0.05) is 17.8 Å². The van der Waals surface area contributed by atoms with Crippen molar-refractivity contribution in [2.45, 2.75) is 52.0 Å². The van der Waals surface area contributed by atoms with Gasteiger partial charge in [0.05, 0.1) is 6.04 Å². The molecule has 2 nitrogen and oxygen atoms in total. The van der Waals surface area contributed by atoms with E-state index in [1.54, 1.807) is 11.3 Å². The lowest BCUT2D eigenvalue weighted by Crippen LogP contribution is -2.30. The second-order valence-corrected chi connectivity index (χ2v) is 7.63. The highest BCUT2D eigenvalue weighted by Crippen LogP contribution is 2.33. The summed E-state index contributed by atoms with van der Waals surface area (Å²) in [6, 6.07) is 11.2. The van der Waals surface area contributed by atoms with Crippen LogP contribution in [0.2, 0.25) is 0 Å². The van der Waals surface area contributed by atoms with Crippen LogP contribution in [0, 0.1) is 13.8 Å². The van der Waals surface area contributed by atoms with Gasteiger partial charge in [0.1, 0.15) is 0 Å². The van der Waals surface area contributed by atoms with Crippen LogP contribution in [0.4, 0.5) is 0 Å². The number of carbonyl (C=O) groups is 1. The maximum absolute atomic E-state index is 12.7. The Morgan fingerprint density at radius 3 is 2.74 bits per heavy atom. The molecule has 0 aliphatic carbocycles. The van der Waals surface area contributed by atoms with Crippen LogP contribution in [0.5, 0.6) is 0 Å². The zero-order valence-electron chi connectivity index (χ0n) is 14.0. The summed E-state index contributed by atoms with van der Waals surface area (Å²) in [4.78, 5) is 16.2. The molecular formula is C20H25NOS. The fourth-order valence-electron chi connectivity index (χ4n) is 3.63. The first-order valence-electron chi connectivity index (χ1n) is 8.53. The van der Waals surface area contributed by atoms with E-state index in [4.69, 9.17) is 0 Å². The average molecular weight is 327 g/mol. The molecule has 1 aliphatic rings. The summed E-state index contributed by atoms with van der Waals surface area (Å²) in [6.07, 6.45) is 4.86. The van der Waals surface area contributed by atoms with Gasteiger partial charge in [0.2, 0.25) is 5.91 Å². The van der Waals surface area contributed by atoms with Crippen LogP contribution >= 0.6 is 11.3 Å². The molecule has 3 heteroatoms. The lowest BCUT2D eigenvalue weighted by Gasteiger charge is -2.26. The first kappa shape index (κ1) is 16.3. The van der Waals surface area contributed by atoms with Gasteiger partial charge >= 0.3 is 0 Å². The molecular weight excluding hydrogens is 302 g/mol. The van der Waals surface area contributed by atoms with E-state index in [0.717, 1.165) is 32.2 Å². The number of amides is 1. The van der Waals surface area contributed by atoms with Gasteiger partial charge in [0.25, 0.3) is 0 Å². The maximum Gasteiger partial charge on any atom is 0.223 e. The number of hydrogen-bond donors (Lipinski definition) is 0. The number of thiophene rings is 1. The van der Waals surface area contributed by atoms with Gasteiger partial charge in [-0.2, -0.15) is 0 Å². The number of nitrogens with zero attached hydrogens (tertiary/aromatic N) is 1. The number of likely N-dealkylation sites (tertiary alicyclic amines) is 1. The van der Waals surface area contributed by atoms with E-state index in [2.05, 4.69) is 54.5 Å². The van der Waals surface area contributed by atoms with E-state index in [1.807, 2.05) is 0 Å². The van der Waals surface area contributed by atoms with Gasteiger partial charge in [-0.1, -0.05) is 35.4 Å². The fraction of sp³-hybridized carbons (Fsp3) is 0.450. The Morgan fingerprint density at radius 2 is 2.04 bits per heavy atom. The zero-order chi connectivity index (χ0) is 16.2. The molecule has 1 fully saturated rings. The van der Waals surface area contributed by atoms with Crippen molar-refractivity contribution in [3.8, 4) is 0 Å². The number of hydrogen-bond acceptors (Lipinski definition) is 2. The van der Waals surface area contributed by atoms with Crippen LogP contribution in [0.25, 0.3) is 0 Å². The van der Waals surface area contributed by atoms with Crippen LogP contribution in [0.3, 0.4) is 0 Å². The number of benzene rings is 1. The predicted molar refractivity (Wildman–Crippen MR) is 96.9 cm³/mol. The third-order valence-corrected chi connectivity index (χ3v) is 5.53. The molecule has 2 aromatic rings. The molecule has 2 heterocycles. The summed E-state index contributed by atoms with van der Waals surface area (Å²) >= 11 is 1.78. The van der Waals surface area contributed by atoms with Crippen molar-refractivity contribution >= 4 is 17.2 Å². The number of rotatable bonds is 5. The second-order valence-electron chi connectivity index (χ2n) is 6.60. The Bertz CT molecular complexity index is 642. The molecule has 1 aromatic carbocycles. The monoisotopic (exact) mass is 327 g/mol. The van der Waals surface area contributed by atoms with E-state index < -0.39 is 0 Å². The largest absolute Gasteiger partial charge is 0.336 e. The Balaban J connectivity index is 1.62. The average Bonchev–Trinajstić information content (AvgIpc) is 3.17. The van der Waals surface area contributed by atoms with Gasteiger partial charge in [-0.3, -0.25) is 4.79 Å². The normalized spacial score (nSPS) is 17.7. The van der Waals surface area contributed by atoms with Crippen LogP contribution in [0.1, 0.15) is 53.3 Å². The summed E-state index contributed by atoms with van der Waals surface area (Å²) < 4.78 is 0. The molecule has 0 spiro atoms. The van der Waals surface area contributed by atoms with Crippen molar-refractivity contribution in [3.05, 3.63) is 57.3 Å². The first-order valence-corrected chi connectivity index (χ1v) is 9.41. The third-order valence-electron chi connectivity index (χ3n) is 4.60. The molecule has 1 saturated heterocycles. The van der Waals surface area contributed by atoms with Crippen molar-refractivity contribution in [2.24, 2.45) is 0 Å². The summed E-state index contributed by atoms with van der Waals surface area (Å²) in [6.45, 7) is 5.19. The molecule has 0 radical (unpaired) electrons. The molecule has 0 saturated carbocycles. The highest BCUT2D eigenvalue weighted by Gasteiger charge is 2.29. The topological polar surface area (TPSA) is 20.3 Å². The smallest absolute Gasteiger partial charge is 0.223 e. The summed E-state index contributed by atoms with van der Waals surface area (Å²) in [7, 11) is 0. The molecule has 1 unspecified atom stereocenters. The minimum absolute atomic E-state index is 0.280. The third kappa shape index (κ3) is 4.03. The van der Waals surface area contributed by atoms with Crippen molar-refractivity contribution in [1.29, 1.82) is 0 Å². The van der Waals surface area contributed by atoms with E-state index in [0.29, 0.717) is 12.3 Å². The molecule has 1 atom stereocenters. The first-order chi connectivity index (χ1) is 11.1. The molecule has 0 bridgehead atoms. The molecule has 1 amide bonds. The SMILES string of the molecule is Cc1cc(C)cc(C2CCCN2C(=O)CCCc2cccs2)c1. The summed E-state index contributed by atoms with van der Waals surface area (Å²) in [5, 5.41) is 2.10. The summed E-state index contributed by atoms with van der Waals surface area (Å²) in [5.74, 6) is 0.322. The van der Waals surface area contributed by atoms with Crippen LogP contribution in [-0.2, 0) is 11.2 Å². The van der Waals surface area contributed by atoms with Crippen molar-refractivity contribution < 1.29 is 4.79 Å². The zero-order valence-corrected chi connectivity index (χ0v) is 14.9. The van der Waals surface area contributed by atoms with E-state index in [-0.39, 0.29) is 6.04 Å². The fourth-order valence-corrected chi connectivity index (χ4v) is 4.38. The van der Waals surface area contributed by atoms with Gasteiger partial charge < -0.3 is 4.90 Å². The Kier molecular flexibility index (Phi) is 5.16. The predicted octanol–water partition coefficient (Wildman–Crippen LogP) is 5.05. The van der Waals surface area contributed by atoms with E-state index >= 15 is 0 Å². The lowest BCUT2D eigenvalue weighted by atomic mass is 9.99. The minimum atomic E-state index is 0.280. The Labute approximate surface area is 143 Å². The molecule has 1 aromatic heterocycles. The second kappa shape index (κ2) is 7.31. The van der Waals surface area contributed by atoms with Gasteiger partial charge in [0.15, 0.2) is 0 Å². The Morgan fingerprint density at radius 1 is 1.26 bits per heavy atom. The van der Waals surface area contributed by atoms with E-state index in [1.165, 1.54) is 21.6 Å². The van der Waals surface area contributed by atoms with Gasteiger partial charge in [-0.15, -0.1) is 11.3 Å². The van der Waals surface area contributed by atoms with Crippen molar-refractivity contribution in [2.75, 3.05) is 6.54 Å². The number of carbonyl (C=O) groups excluding carboxylic acids is 1. The highest BCUT2D eigenvalue weighted by molar-refractivity contribution is 7.09. The molecule has 0 N–H and O–H groups in total. The van der Waals surface area contributed by atoms with Gasteiger partial charge in [-0.25, -0.2) is 0 Å². The standard InChI is InChI=1S/C20H25NOS/c1-15-12-16(2)14-17(13-15)19-8-4-10-21(19)20(22)9-3-6-18-7-5-11-23-18/h5,7,11-14,19H,3-4,6,8-10H2,1-2H3. The molecule has 3 rings (SSSR count). The van der Waals surface area contributed by atoms with Crippen LogP contribution < -0.4 is 0 Å².